The van der Waals surface area contributed by atoms with Crippen molar-refractivity contribution in [2.24, 2.45) is 0 Å². The van der Waals surface area contributed by atoms with Gasteiger partial charge in [0.05, 0.1) is 13.2 Å². The van der Waals surface area contributed by atoms with E-state index < -0.39 is 12.0 Å². The minimum Gasteiger partial charge on any atom is -0.480 e. The van der Waals surface area contributed by atoms with E-state index in [1.165, 1.54) is 0 Å². The Morgan fingerprint density at radius 2 is 1.75 bits per heavy atom. The van der Waals surface area contributed by atoms with Crippen molar-refractivity contribution in [3.05, 3.63) is 0 Å². The van der Waals surface area contributed by atoms with Gasteiger partial charge < -0.3 is 14.6 Å². The van der Waals surface area contributed by atoms with E-state index in [2.05, 4.69) is 0 Å². The fourth-order valence-electron chi connectivity index (χ4n) is 1.58. The zero-order valence-corrected chi connectivity index (χ0v) is 10.4. The Hall–Kier alpha value is -0.650. The van der Waals surface area contributed by atoms with Gasteiger partial charge in [-0.05, 0) is 6.42 Å². The van der Waals surface area contributed by atoms with Crippen LogP contribution in [-0.4, -0.2) is 62.5 Å². The van der Waals surface area contributed by atoms with Crippen molar-refractivity contribution in [3.8, 4) is 0 Å². The molecule has 1 atom stereocenters. The Bertz CT molecular complexity index is 179. The Balaban J connectivity index is 4.33. The van der Waals surface area contributed by atoms with Crippen LogP contribution < -0.4 is 0 Å². The van der Waals surface area contributed by atoms with Crippen molar-refractivity contribution in [3.63, 3.8) is 0 Å². The molecule has 0 aliphatic heterocycles. The molecule has 1 N–H and O–H groups in total. The van der Waals surface area contributed by atoms with E-state index in [-0.39, 0.29) is 0 Å². The van der Waals surface area contributed by atoms with Gasteiger partial charge in [0.25, 0.3) is 0 Å². The maximum Gasteiger partial charge on any atom is 0.320 e. The molecule has 0 aromatic rings. The van der Waals surface area contributed by atoms with Crippen LogP contribution in [0.25, 0.3) is 0 Å². The zero-order chi connectivity index (χ0) is 12.4. The van der Waals surface area contributed by atoms with Crippen molar-refractivity contribution in [2.45, 2.75) is 25.8 Å². The number of rotatable bonds is 10. The summed E-state index contributed by atoms with van der Waals surface area (Å²) >= 11 is 0. The molecule has 0 saturated carbocycles. The third-order valence-electron chi connectivity index (χ3n) is 2.45. The monoisotopic (exact) mass is 233 g/mol. The molecule has 0 unspecified atom stereocenters. The van der Waals surface area contributed by atoms with E-state index in [0.29, 0.717) is 32.7 Å². The molecule has 0 aliphatic rings. The second kappa shape index (κ2) is 9.57. The number of hydrogen-bond acceptors (Lipinski definition) is 4. The second-order valence-electron chi connectivity index (χ2n) is 3.66. The summed E-state index contributed by atoms with van der Waals surface area (Å²) in [6, 6.07) is -0.435. The summed E-state index contributed by atoms with van der Waals surface area (Å²) in [4.78, 5) is 13.0. The minimum absolute atomic E-state index is 0.435. The topological polar surface area (TPSA) is 59.0 Å². The molecule has 0 bridgehead atoms. The molecule has 0 heterocycles. The van der Waals surface area contributed by atoms with Gasteiger partial charge in [0.15, 0.2) is 0 Å². The first-order valence-electron chi connectivity index (χ1n) is 5.62. The number of methoxy groups -OCH3 is 2. The lowest BCUT2D eigenvalue weighted by molar-refractivity contribution is -0.144. The highest BCUT2D eigenvalue weighted by molar-refractivity contribution is 5.73. The Labute approximate surface area is 97.3 Å². The molecule has 0 aromatic heterocycles. The first kappa shape index (κ1) is 15.3. The molecule has 0 amide bonds. The number of aliphatic carboxylic acids is 1. The molecule has 0 saturated heterocycles. The summed E-state index contributed by atoms with van der Waals surface area (Å²) in [6.45, 7) is 4.31. The molecule has 5 nitrogen and oxygen atoms in total. The zero-order valence-electron chi connectivity index (χ0n) is 10.4. The molecule has 0 fully saturated rings. The number of carbonyl (C=O) groups is 1. The molecule has 5 heteroatoms. The van der Waals surface area contributed by atoms with Gasteiger partial charge >= 0.3 is 5.97 Å². The van der Waals surface area contributed by atoms with Crippen LogP contribution in [0.3, 0.4) is 0 Å². The third kappa shape index (κ3) is 6.05. The molecular formula is C11H23NO4. The molecule has 0 spiro atoms. The fourth-order valence-corrected chi connectivity index (χ4v) is 1.58. The Morgan fingerprint density at radius 3 is 2.06 bits per heavy atom. The van der Waals surface area contributed by atoms with E-state index in [4.69, 9.17) is 14.6 Å². The third-order valence-corrected chi connectivity index (χ3v) is 2.45. The summed E-state index contributed by atoms with van der Waals surface area (Å²) in [5, 5.41) is 9.15. The molecule has 0 aromatic carbocycles. The van der Waals surface area contributed by atoms with E-state index in [1.807, 2.05) is 11.8 Å². The van der Waals surface area contributed by atoms with Gasteiger partial charge in [0, 0.05) is 27.3 Å². The predicted octanol–water partition coefficient (Wildman–Crippen LogP) is 0.835. The van der Waals surface area contributed by atoms with Crippen LogP contribution in [0.2, 0.25) is 0 Å². The predicted molar refractivity (Wildman–Crippen MR) is 61.7 cm³/mol. The number of carboxylic acid groups (broad SMARTS) is 1. The summed E-state index contributed by atoms with van der Waals surface area (Å²) in [6.07, 6.45) is 1.51. The van der Waals surface area contributed by atoms with Crippen LogP contribution in [-0.2, 0) is 14.3 Å². The molecule has 0 radical (unpaired) electrons. The van der Waals surface area contributed by atoms with E-state index in [0.717, 1.165) is 6.42 Å². The number of hydrogen-bond donors (Lipinski definition) is 1. The summed E-state index contributed by atoms with van der Waals surface area (Å²) < 4.78 is 9.97. The highest BCUT2D eigenvalue weighted by atomic mass is 16.5. The molecule has 0 aliphatic carbocycles. The standard InChI is InChI=1S/C11H23NO4/c1-4-5-10(11(13)14)12(6-8-15-2)7-9-16-3/h10H,4-9H2,1-3H3,(H,13,14)/t10-/m1/s1. The Kier molecular flexibility index (Phi) is 9.18. The van der Waals surface area contributed by atoms with Gasteiger partial charge in [-0.3, -0.25) is 9.69 Å². The van der Waals surface area contributed by atoms with Crippen molar-refractivity contribution < 1.29 is 19.4 Å². The van der Waals surface area contributed by atoms with Crippen molar-refractivity contribution >= 4 is 5.97 Å². The lowest BCUT2D eigenvalue weighted by atomic mass is 10.1. The van der Waals surface area contributed by atoms with Crippen molar-refractivity contribution in [2.75, 3.05) is 40.5 Å². The van der Waals surface area contributed by atoms with E-state index in [9.17, 15) is 4.79 Å². The van der Waals surface area contributed by atoms with Gasteiger partial charge in [0.1, 0.15) is 6.04 Å². The lowest BCUT2D eigenvalue weighted by Gasteiger charge is -2.28. The number of nitrogens with zero attached hydrogens (tertiary/aromatic N) is 1. The average Bonchev–Trinajstić information content (AvgIpc) is 2.26. The summed E-state index contributed by atoms with van der Waals surface area (Å²) in [5.74, 6) is -0.769. The first-order valence-corrected chi connectivity index (χ1v) is 5.62. The maximum atomic E-state index is 11.1. The van der Waals surface area contributed by atoms with Gasteiger partial charge in [-0.2, -0.15) is 0 Å². The number of ether oxygens (including phenoxy) is 2. The normalized spacial score (nSPS) is 13.0. The molecular weight excluding hydrogens is 210 g/mol. The van der Waals surface area contributed by atoms with Crippen LogP contribution in [0.1, 0.15) is 19.8 Å². The van der Waals surface area contributed by atoms with Crippen LogP contribution >= 0.6 is 0 Å². The highest BCUT2D eigenvalue weighted by Crippen LogP contribution is 2.07. The summed E-state index contributed by atoms with van der Waals surface area (Å²) in [7, 11) is 3.23. The van der Waals surface area contributed by atoms with E-state index >= 15 is 0 Å². The molecule has 96 valence electrons. The van der Waals surface area contributed by atoms with Gasteiger partial charge in [-0.15, -0.1) is 0 Å². The quantitative estimate of drug-likeness (QED) is 0.606. The highest BCUT2D eigenvalue weighted by Gasteiger charge is 2.23. The van der Waals surface area contributed by atoms with Crippen LogP contribution in [0.15, 0.2) is 0 Å². The summed E-state index contributed by atoms with van der Waals surface area (Å²) in [5.41, 5.74) is 0. The Morgan fingerprint density at radius 1 is 1.25 bits per heavy atom. The largest absolute Gasteiger partial charge is 0.480 e. The second-order valence-corrected chi connectivity index (χ2v) is 3.66. The van der Waals surface area contributed by atoms with Crippen LogP contribution in [0.5, 0.6) is 0 Å². The minimum atomic E-state index is -0.769. The van der Waals surface area contributed by atoms with E-state index in [1.54, 1.807) is 14.2 Å². The van der Waals surface area contributed by atoms with Crippen molar-refractivity contribution in [1.82, 2.24) is 4.90 Å². The SMILES string of the molecule is CCC[C@H](C(=O)O)N(CCOC)CCOC. The first-order chi connectivity index (χ1) is 7.67. The molecule has 16 heavy (non-hydrogen) atoms. The van der Waals surface area contributed by atoms with Crippen LogP contribution in [0, 0.1) is 0 Å². The average molecular weight is 233 g/mol. The van der Waals surface area contributed by atoms with Crippen LogP contribution in [0.4, 0.5) is 0 Å². The van der Waals surface area contributed by atoms with Gasteiger partial charge in [0.2, 0.25) is 0 Å². The van der Waals surface area contributed by atoms with Gasteiger partial charge in [-0.1, -0.05) is 13.3 Å². The smallest absolute Gasteiger partial charge is 0.320 e. The molecule has 0 rings (SSSR count). The maximum absolute atomic E-state index is 11.1. The van der Waals surface area contributed by atoms with Gasteiger partial charge in [-0.25, -0.2) is 0 Å². The van der Waals surface area contributed by atoms with Crippen molar-refractivity contribution in [1.29, 1.82) is 0 Å². The lowest BCUT2D eigenvalue weighted by Crippen LogP contribution is -2.44. The number of carboxylic acids is 1. The fraction of sp³-hybridized carbons (Fsp3) is 0.909.